The van der Waals surface area contributed by atoms with Crippen LogP contribution in [0, 0.1) is 17.0 Å². The van der Waals surface area contributed by atoms with Crippen LogP contribution in [0.2, 0.25) is 0 Å². The number of nitrogens with one attached hydrogen (secondary N) is 1. The molecule has 3 aromatic heterocycles. The van der Waals surface area contributed by atoms with Gasteiger partial charge in [-0.15, -0.1) is 5.10 Å². The van der Waals surface area contributed by atoms with Crippen molar-refractivity contribution in [2.24, 2.45) is 5.41 Å². The van der Waals surface area contributed by atoms with E-state index < -0.39 is 23.2 Å². The molecule has 0 spiro atoms. The van der Waals surface area contributed by atoms with Crippen molar-refractivity contribution in [1.29, 1.82) is 0 Å². The predicted molar refractivity (Wildman–Crippen MR) is 139 cm³/mol. The zero-order valence-electron chi connectivity index (χ0n) is 21.4. The zero-order chi connectivity index (χ0) is 27.4. The van der Waals surface area contributed by atoms with Crippen molar-refractivity contribution >= 4 is 5.95 Å². The molecule has 1 unspecified atom stereocenters. The van der Waals surface area contributed by atoms with E-state index in [-0.39, 0.29) is 35.7 Å². The molecule has 3 N–H and O–H groups in total. The maximum absolute atomic E-state index is 14.5. The third-order valence-electron chi connectivity index (χ3n) is 8.33. The Balaban J connectivity index is 1.38. The molecule has 200 valence electrons. The number of aromatic nitrogens is 6. The van der Waals surface area contributed by atoms with E-state index in [4.69, 9.17) is 10.1 Å². The highest BCUT2D eigenvalue weighted by Gasteiger charge is 2.65. The topological polar surface area (TPSA) is 130 Å². The SMILES string of the molecule is CC1(C)[C@H]2CC[C@]1(c1cncc(-c3cnc(NCC(O)CO)nc3)n1)c1nnc(-c3c(F)cccc3F)cc12. The highest BCUT2D eigenvalue weighted by atomic mass is 19.1. The third-order valence-corrected chi connectivity index (χ3v) is 8.33. The lowest BCUT2D eigenvalue weighted by atomic mass is 9.66. The summed E-state index contributed by atoms with van der Waals surface area (Å²) in [6, 6.07) is 5.55. The summed E-state index contributed by atoms with van der Waals surface area (Å²) in [7, 11) is 0. The Labute approximate surface area is 223 Å². The number of fused-ring (bicyclic) bond motifs is 5. The van der Waals surface area contributed by atoms with Crippen molar-refractivity contribution in [2.45, 2.75) is 44.1 Å². The van der Waals surface area contributed by atoms with Gasteiger partial charge in [0.15, 0.2) is 0 Å². The van der Waals surface area contributed by atoms with Crippen LogP contribution in [-0.2, 0) is 5.41 Å². The molecule has 1 aromatic carbocycles. The lowest BCUT2D eigenvalue weighted by Crippen LogP contribution is -2.38. The predicted octanol–water partition coefficient (Wildman–Crippen LogP) is 3.64. The van der Waals surface area contributed by atoms with Crippen molar-refractivity contribution in [1.82, 2.24) is 30.1 Å². The summed E-state index contributed by atoms with van der Waals surface area (Å²) in [6.07, 6.45) is 7.39. The molecule has 0 radical (unpaired) electrons. The van der Waals surface area contributed by atoms with Crippen LogP contribution in [0.1, 0.15) is 49.6 Å². The van der Waals surface area contributed by atoms with Gasteiger partial charge in [0.1, 0.15) is 11.6 Å². The summed E-state index contributed by atoms with van der Waals surface area (Å²) in [5.74, 6) is -0.915. The normalized spacial score (nSPS) is 21.5. The fourth-order valence-corrected chi connectivity index (χ4v) is 6.29. The molecule has 6 rings (SSSR count). The van der Waals surface area contributed by atoms with Crippen molar-refractivity contribution < 1.29 is 19.0 Å². The van der Waals surface area contributed by atoms with Gasteiger partial charge in [0.2, 0.25) is 5.95 Å². The Kier molecular flexibility index (Phi) is 6.07. The Morgan fingerprint density at radius 1 is 1.05 bits per heavy atom. The van der Waals surface area contributed by atoms with E-state index in [1.54, 1.807) is 30.9 Å². The van der Waals surface area contributed by atoms with Gasteiger partial charge in [-0.25, -0.2) is 23.7 Å². The molecule has 3 atom stereocenters. The van der Waals surface area contributed by atoms with Gasteiger partial charge in [-0.1, -0.05) is 19.9 Å². The smallest absolute Gasteiger partial charge is 0.222 e. The molecule has 2 aliphatic rings. The third kappa shape index (κ3) is 3.87. The molecule has 1 saturated carbocycles. The Morgan fingerprint density at radius 3 is 2.51 bits per heavy atom. The number of rotatable bonds is 7. The van der Waals surface area contributed by atoms with Crippen molar-refractivity contribution in [2.75, 3.05) is 18.5 Å². The quantitative estimate of drug-likeness (QED) is 0.327. The minimum absolute atomic E-state index is 0.116. The van der Waals surface area contributed by atoms with Gasteiger partial charge in [-0.05, 0) is 47.9 Å². The molecule has 9 nitrogen and oxygen atoms in total. The summed E-state index contributed by atoms with van der Waals surface area (Å²) >= 11 is 0. The molecule has 2 aliphatic carbocycles. The van der Waals surface area contributed by atoms with E-state index >= 15 is 0 Å². The molecular formula is C28H27F2N7O2. The second-order valence-electron chi connectivity index (χ2n) is 10.7. The summed E-state index contributed by atoms with van der Waals surface area (Å²) in [6.45, 7) is 4.11. The van der Waals surface area contributed by atoms with E-state index in [0.717, 1.165) is 29.8 Å². The number of nitrogens with zero attached hydrogens (tertiary/aromatic N) is 6. The monoisotopic (exact) mass is 531 g/mol. The van der Waals surface area contributed by atoms with Gasteiger partial charge in [-0.3, -0.25) is 4.98 Å². The molecular weight excluding hydrogens is 504 g/mol. The minimum Gasteiger partial charge on any atom is -0.394 e. The first-order chi connectivity index (χ1) is 18.8. The van der Waals surface area contributed by atoms with Crippen molar-refractivity contribution in [3.8, 4) is 22.5 Å². The summed E-state index contributed by atoms with van der Waals surface area (Å²) in [5, 5.41) is 30.2. The highest BCUT2D eigenvalue weighted by Crippen LogP contribution is 2.69. The Hall–Kier alpha value is -3.96. The van der Waals surface area contributed by atoms with Crippen LogP contribution in [0.3, 0.4) is 0 Å². The number of hydrogen-bond acceptors (Lipinski definition) is 9. The molecule has 0 saturated heterocycles. The lowest BCUT2D eigenvalue weighted by Gasteiger charge is -2.37. The lowest BCUT2D eigenvalue weighted by molar-refractivity contribution is 0.105. The van der Waals surface area contributed by atoms with Crippen LogP contribution in [0.15, 0.2) is 49.1 Å². The average molecular weight is 532 g/mol. The van der Waals surface area contributed by atoms with Gasteiger partial charge in [0, 0.05) is 30.7 Å². The fourth-order valence-electron chi connectivity index (χ4n) is 6.29. The van der Waals surface area contributed by atoms with E-state index in [9.17, 15) is 13.9 Å². The first kappa shape index (κ1) is 25.3. The fraction of sp³-hybridized carbons (Fsp3) is 0.357. The largest absolute Gasteiger partial charge is 0.394 e. The maximum Gasteiger partial charge on any atom is 0.222 e. The number of hydrogen-bond donors (Lipinski definition) is 3. The highest BCUT2D eigenvalue weighted by molar-refractivity contribution is 5.64. The Morgan fingerprint density at radius 2 is 1.79 bits per heavy atom. The number of benzene rings is 1. The number of anilines is 1. The van der Waals surface area contributed by atoms with Crippen LogP contribution in [0.25, 0.3) is 22.5 Å². The zero-order valence-corrected chi connectivity index (χ0v) is 21.4. The van der Waals surface area contributed by atoms with Crippen LogP contribution in [0.4, 0.5) is 14.7 Å². The summed E-state index contributed by atoms with van der Waals surface area (Å²) < 4.78 is 29.1. The van der Waals surface area contributed by atoms with E-state index in [0.29, 0.717) is 17.2 Å². The van der Waals surface area contributed by atoms with Crippen LogP contribution < -0.4 is 5.32 Å². The second kappa shape index (κ2) is 9.35. The molecule has 2 bridgehead atoms. The molecule has 3 heterocycles. The number of halogens is 2. The number of aliphatic hydroxyl groups is 2. The first-order valence-corrected chi connectivity index (χ1v) is 12.8. The summed E-state index contributed by atoms with van der Waals surface area (Å²) in [5.41, 5.74) is 2.86. The maximum atomic E-state index is 14.5. The standard InChI is InChI=1S/C28H27F2N7O2/c1-27(2)18-6-7-28(27,25-17(18)8-21(36-37-25)24-19(29)4-3-5-20(24)30)23-13-31-12-22(35-23)15-9-32-26(33-10-15)34-11-16(39)14-38/h3-5,8-10,12-13,16,18,38-39H,6-7,11,14H2,1-2H3,(H,32,33,34)/t16?,18-,28-/m0/s1. The average Bonchev–Trinajstić information content (AvgIpc) is 3.33. The number of aliphatic hydroxyl groups excluding tert-OH is 2. The minimum atomic E-state index is -0.909. The first-order valence-electron chi connectivity index (χ1n) is 12.8. The van der Waals surface area contributed by atoms with Gasteiger partial charge < -0.3 is 15.5 Å². The van der Waals surface area contributed by atoms with Crippen LogP contribution in [0.5, 0.6) is 0 Å². The molecule has 0 amide bonds. The van der Waals surface area contributed by atoms with Gasteiger partial charge in [-0.2, -0.15) is 5.10 Å². The van der Waals surface area contributed by atoms with E-state index in [1.807, 2.05) is 0 Å². The molecule has 0 aliphatic heterocycles. The molecule has 1 fully saturated rings. The second-order valence-corrected chi connectivity index (χ2v) is 10.7. The summed E-state index contributed by atoms with van der Waals surface area (Å²) in [4.78, 5) is 18.1. The molecule has 39 heavy (non-hydrogen) atoms. The van der Waals surface area contributed by atoms with Gasteiger partial charge in [0.05, 0.1) is 52.7 Å². The molecule has 4 aromatic rings. The molecule has 11 heteroatoms. The Bertz CT molecular complexity index is 1530. The van der Waals surface area contributed by atoms with Crippen LogP contribution >= 0.6 is 0 Å². The van der Waals surface area contributed by atoms with Crippen molar-refractivity contribution in [3.63, 3.8) is 0 Å². The van der Waals surface area contributed by atoms with Crippen LogP contribution in [-0.4, -0.2) is 59.6 Å². The van der Waals surface area contributed by atoms with Gasteiger partial charge in [0.25, 0.3) is 0 Å². The van der Waals surface area contributed by atoms with E-state index in [1.165, 1.54) is 18.2 Å². The van der Waals surface area contributed by atoms with E-state index in [2.05, 4.69) is 44.3 Å². The van der Waals surface area contributed by atoms with Crippen molar-refractivity contribution in [3.05, 3.63) is 77.6 Å². The van der Waals surface area contributed by atoms with Gasteiger partial charge >= 0.3 is 0 Å².